The summed E-state index contributed by atoms with van der Waals surface area (Å²) in [6.45, 7) is 2.10. The summed E-state index contributed by atoms with van der Waals surface area (Å²) in [5.74, 6) is 0. The van der Waals surface area contributed by atoms with Gasteiger partial charge in [-0.25, -0.2) is 0 Å². The predicted octanol–water partition coefficient (Wildman–Crippen LogP) is 3.29. The number of hydrogen-bond donors (Lipinski definition) is 1. The van der Waals surface area contributed by atoms with E-state index in [9.17, 15) is 0 Å². The van der Waals surface area contributed by atoms with E-state index in [0.717, 1.165) is 27.7 Å². The Morgan fingerprint density at radius 3 is 2.80 bits per heavy atom. The Balaban J connectivity index is 1.99. The lowest BCUT2D eigenvalue weighted by Gasteiger charge is -2.13. The van der Waals surface area contributed by atoms with E-state index in [1.54, 1.807) is 11.8 Å². The van der Waals surface area contributed by atoms with Crippen molar-refractivity contribution in [3.8, 4) is 0 Å². The summed E-state index contributed by atoms with van der Waals surface area (Å²) in [5.41, 5.74) is 8.19. The van der Waals surface area contributed by atoms with Gasteiger partial charge in [-0.3, -0.25) is 4.40 Å². The van der Waals surface area contributed by atoms with Crippen LogP contribution in [-0.4, -0.2) is 14.6 Å². The van der Waals surface area contributed by atoms with Crippen molar-refractivity contribution >= 4 is 17.4 Å². The first-order chi connectivity index (χ1) is 9.79. The van der Waals surface area contributed by atoms with E-state index in [1.807, 2.05) is 40.9 Å². The van der Waals surface area contributed by atoms with Crippen LogP contribution < -0.4 is 5.73 Å². The molecule has 0 fully saturated rings. The number of aromatic nitrogens is 3. The third kappa shape index (κ3) is 2.42. The zero-order valence-electron chi connectivity index (χ0n) is 11.2. The number of fused-ring (bicyclic) bond motifs is 1. The van der Waals surface area contributed by atoms with Crippen LogP contribution in [0.5, 0.6) is 0 Å². The third-order valence-corrected chi connectivity index (χ3v) is 4.29. The number of nitrogens with two attached hydrogens (primary N) is 1. The molecular weight excluding hydrogens is 268 g/mol. The van der Waals surface area contributed by atoms with Gasteiger partial charge in [0, 0.05) is 17.1 Å². The van der Waals surface area contributed by atoms with Crippen LogP contribution in [0.1, 0.15) is 24.9 Å². The summed E-state index contributed by atoms with van der Waals surface area (Å²) in [6.07, 6.45) is 2.89. The maximum atomic E-state index is 6.18. The second-order valence-corrected chi connectivity index (χ2v) is 5.58. The van der Waals surface area contributed by atoms with Crippen molar-refractivity contribution in [3.05, 3.63) is 54.2 Å². The molecule has 2 aromatic heterocycles. The van der Waals surface area contributed by atoms with Crippen molar-refractivity contribution in [2.24, 2.45) is 5.73 Å². The van der Waals surface area contributed by atoms with E-state index >= 15 is 0 Å². The van der Waals surface area contributed by atoms with Crippen molar-refractivity contribution < 1.29 is 0 Å². The van der Waals surface area contributed by atoms with Crippen molar-refractivity contribution in [3.63, 3.8) is 0 Å². The van der Waals surface area contributed by atoms with Gasteiger partial charge in [-0.1, -0.05) is 31.2 Å². The summed E-state index contributed by atoms with van der Waals surface area (Å²) in [4.78, 5) is 1.14. The fourth-order valence-corrected chi connectivity index (χ4v) is 3.10. The van der Waals surface area contributed by atoms with Crippen LogP contribution in [0.25, 0.3) is 5.65 Å². The SMILES string of the molecule is CCC(N)c1ccccc1Sc1nnc2ccccn12. The van der Waals surface area contributed by atoms with Crippen LogP contribution in [0.2, 0.25) is 0 Å². The zero-order valence-corrected chi connectivity index (χ0v) is 12.0. The lowest BCUT2D eigenvalue weighted by Crippen LogP contribution is -2.09. The van der Waals surface area contributed by atoms with Crippen molar-refractivity contribution in [1.29, 1.82) is 0 Å². The average molecular weight is 284 g/mol. The number of rotatable bonds is 4. The van der Waals surface area contributed by atoms with Gasteiger partial charge in [-0.05, 0) is 41.9 Å². The Labute approximate surface area is 122 Å². The van der Waals surface area contributed by atoms with Gasteiger partial charge in [0.1, 0.15) is 0 Å². The van der Waals surface area contributed by atoms with Gasteiger partial charge < -0.3 is 5.73 Å². The van der Waals surface area contributed by atoms with Gasteiger partial charge >= 0.3 is 0 Å². The largest absolute Gasteiger partial charge is 0.324 e. The number of pyridine rings is 1. The van der Waals surface area contributed by atoms with E-state index in [-0.39, 0.29) is 6.04 Å². The molecule has 5 heteroatoms. The predicted molar refractivity (Wildman–Crippen MR) is 80.8 cm³/mol. The average Bonchev–Trinajstić information content (AvgIpc) is 2.90. The molecule has 1 aromatic carbocycles. The Morgan fingerprint density at radius 1 is 1.15 bits per heavy atom. The van der Waals surface area contributed by atoms with Gasteiger partial charge in [0.2, 0.25) is 0 Å². The smallest absolute Gasteiger partial charge is 0.200 e. The third-order valence-electron chi connectivity index (χ3n) is 3.24. The monoisotopic (exact) mass is 284 g/mol. The van der Waals surface area contributed by atoms with Crippen molar-refractivity contribution in [2.75, 3.05) is 0 Å². The molecule has 102 valence electrons. The van der Waals surface area contributed by atoms with Gasteiger partial charge in [-0.2, -0.15) is 0 Å². The Hall–Kier alpha value is -1.85. The van der Waals surface area contributed by atoms with E-state index in [4.69, 9.17) is 5.73 Å². The van der Waals surface area contributed by atoms with E-state index in [1.165, 1.54) is 0 Å². The minimum atomic E-state index is 0.0536. The number of benzene rings is 1. The summed E-state index contributed by atoms with van der Waals surface area (Å²) >= 11 is 1.60. The molecule has 0 spiro atoms. The van der Waals surface area contributed by atoms with Crippen LogP contribution >= 0.6 is 11.8 Å². The molecule has 2 N–H and O–H groups in total. The summed E-state index contributed by atoms with van der Waals surface area (Å²) in [5, 5.41) is 9.28. The molecule has 0 saturated carbocycles. The van der Waals surface area contributed by atoms with Crippen LogP contribution in [0, 0.1) is 0 Å². The van der Waals surface area contributed by atoms with Gasteiger partial charge in [0.25, 0.3) is 0 Å². The minimum Gasteiger partial charge on any atom is -0.324 e. The first-order valence-electron chi connectivity index (χ1n) is 6.61. The van der Waals surface area contributed by atoms with Crippen molar-refractivity contribution in [1.82, 2.24) is 14.6 Å². The van der Waals surface area contributed by atoms with E-state index in [2.05, 4.69) is 29.3 Å². The quantitative estimate of drug-likeness (QED) is 0.798. The molecule has 0 bridgehead atoms. The Morgan fingerprint density at radius 2 is 1.95 bits per heavy atom. The van der Waals surface area contributed by atoms with Crippen LogP contribution in [-0.2, 0) is 0 Å². The summed E-state index contributed by atoms with van der Waals surface area (Å²) in [6, 6.07) is 14.1. The molecule has 3 rings (SSSR count). The maximum absolute atomic E-state index is 6.18. The number of hydrogen-bond acceptors (Lipinski definition) is 4. The highest BCUT2D eigenvalue weighted by Gasteiger charge is 2.13. The second-order valence-electron chi connectivity index (χ2n) is 4.57. The van der Waals surface area contributed by atoms with E-state index < -0.39 is 0 Å². The molecule has 0 radical (unpaired) electrons. The fraction of sp³-hybridized carbons (Fsp3) is 0.200. The van der Waals surface area contributed by atoms with Gasteiger partial charge in [-0.15, -0.1) is 10.2 Å². The lowest BCUT2D eigenvalue weighted by molar-refractivity contribution is 0.685. The zero-order chi connectivity index (χ0) is 13.9. The summed E-state index contributed by atoms with van der Waals surface area (Å²) in [7, 11) is 0. The Bertz CT molecular complexity index is 722. The van der Waals surface area contributed by atoms with Crippen LogP contribution in [0.15, 0.2) is 58.7 Å². The lowest BCUT2D eigenvalue weighted by atomic mass is 10.1. The molecule has 0 saturated heterocycles. The Kier molecular flexibility index (Phi) is 3.71. The maximum Gasteiger partial charge on any atom is 0.200 e. The molecule has 1 unspecified atom stereocenters. The molecule has 0 aliphatic heterocycles. The molecule has 0 aliphatic carbocycles. The first kappa shape index (κ1) is 13.1. The van der Waals surface area contributed by atoms with Gasteiger partial charge in [0.15, 0.2) is 10.8 Å². The molecule has 1 atom stereocenters. The topological polar surface area (TPSA) is 56.2 Å². The molecule has 0 aliphatic rings. The van der Waals surface area contributed by atoms with Crippen LogP contribution in [0.4, 0.5) is 0 Å². The summed E-state index contributed by atoms with van der Waals surface area (Å²) < 4.78 is 1.99. The van der Waals surface area contributed by atoms with Gasteiger partial charge in [0.05, 0.1) is 0 Å². The first-order valence-corrected chi connectivity index (χ1v) is 7.43. The minimum absolute atomic E-state index is 0.0536. The number of nitrogens with zero attached hydrogens (tertiary/aromatic N) is 3. The second kappa shape index (κ2) is 5.64. The highest BCUT2D eigenvalue weighted by molar-refractivity contribution is 7.99. The molecule has 2 heterocycles. The van der Waals surface area contributed by atoms with Crippen LogP contribution in [0.3, 0.4) is 0 Å². The molecule has 3 aromatic rings. The molecule has 4 nitrogen and oxygen atoms in total. The normalized spacial score (nSPS) is 12.7. The standard InChI is InChI=1S/C15H16N4S/c1-2-12(16)11-7-3-4-8-13(11)20-15-18-17-14-9-5-6-10-19(14)15/h3-10,12H,2,16H2,1H3. The molecule has 20 heavy (non-hydrogen) atoms. The fourth-order valence-electron chi connectivity index (χ4n) is 2.09. The van der Waals surface area contributed by atoms with Crippen molar-refractivity contribution in [2.45, 2.75) is 29.4 Å². The highest BCUT2D eigenvalue weighted by Crippen LogP contribution is 2.32. The highest BCUT2D eigenvalue weighted by atomic mass is 32.2. The van der Waals surface area contributed by atoms with E-state index in [0.29, 0.717) is 0 Å². The molecular formula is C15H16N4S. The molecule has 0 amide bonds.